The topological polar surface area (TPSA) is 61.4 Å². The number of aryl methyl sites for hydroxylation is 2. The Morgan fingerprint density at radius 3 is 2.52 bits per heavy atom. The second-order valence-corrected chi connectivity index (χ2v) is 4.94. The van der Waals surface area contributed by atoms with Gasteiger partial charge in [0.15, 0.2) is 0 Å². The van der Waals surface area contributed by atoms with E-state index in [2.05, 4.69) is 39.6 Å². The number of hydrogen-bond acceptors (Lipinski definition) is 4. The van der Waals surface area contributed by atoms with E-state index in [0.29, 0.717) is 23.1 Å². The van der Waals surface area contributed by atoms with Crippen molar-refractivity contribution in [3.8, 4) is 17.1 Å². The Labute approximate surface area is 127 Å². The van der Waals surface area contributed by atoms with Gasteiger partial charge in [-0.1, -0.05) is 30.7 Å². The molecule has 0 saturated carbocycles. The number of aromatic nitrogens is 6. The average Bonchev–Trinajstić information content (AvgIpc) is 3.13. The van der Waals surface area contributed by atoms with Crippen LogP contribution in [-0.4, -0.2) is 30.0 Å². The van der Waals surface area contributed by atoms with E-state index in [1.54, 1.807) is 10.9 Å². The lowest BCUT2D eigenvalue weighted by Crippen LogP contribution is -1.98. The summed E-state index contributed by atoms with van der Waals surface area (Å²) >= 11 is 6.40. The molecule has 0 spiro atoms. The van der Waals surface area contributed by atoms with Gasteiger partial charge in [-0.2, -0.15) is 9.90 Å². The molecule has 0 bridgehead atoms. The van der Waals surface area contributed by atoms with E-state index < -0.39 is 0 Å². The zero-order chi connectivity index (χ0) is 14.8. The first-order valence-corrected chi connectivity index (χ1v) is 7.21. The van der Waals surface area contributed by atoms with Crippen molar-refractivity contribution >= 4 is 11.6 Å². The third-order valence-electron chi connectivity index (χ3n) is 3.28. The van der Waals surface area contributed by atoms with Crippen molar-refractivity contribution in [3.05, 3.63) is 41.2 Å². The molecular formula is C14H15ClN6. The number of nitrogens with zero attached hydrogens (tertiary/aromatic N) is 6. The Morgan fingerprint density at radius 1 is 1.14 bits per heavy atom. The van der Waals surface area contributed by atoms with Crippen LogP contribution in [0.3, 0.4) is 0 Å². The summed E-state index contributed by atoms with van der Waals surface area (Å²) in [5.41, 5.74) is 2.86. The second kappa shape index (κ2) is 5.65. The molecule has 21 heavy (non-hydrogen) atoms. The quantitative estimate of drug-likeness (QED) is 0.743. The van der Waals surface area contributed by atoms with Crippen LogP contribution in [0, 0.1) is 0 Å². The molecule has 108 valence electrons. The molecule has 0 aliphatic heterocycles. The van der Waals surface area contributed by atoms with Crippen LogP contribution >= 0.6 is 11.6 Å². The van der Waals surface area contributed by atoms with E-state index in [9.17, 15) is 0 Å². The Balaban J connectivity index is 1.97. The molecule has 3 aromatic rings. The van der Waals surface area contributed by atoms with Gasteiger partial charge in [-0.25, -0.2) is 4.68 Å². The summed E-state index contributed by atoms with van der Waals surface area (Å²) in [5.74, 6) is 0.485. The highest BCUT2D eigenvalue weighted by atomic mass is 35.5. The van der Waals surface area contributed by atoms with Gasteiger partial charge in [0, 0.05) is 0 Å². The number of benzene rings is 1. The zero-order valence-electron chi connectivity index (χ0n) is 11.9. The Morgan fingerprint density at radius 2 is 1.90 bits per heavy atom. The smallest absolute Gasteiger partial charge is 0.209 e. The minimum absolute atomic E-state index is 0.481. The number of tetrazole rings is 1. The third kappa shape index (κ3) is 2.54. The van der Waals surface area contributed by atoms with E-state index in [-0.39, 0.29) is 0 Å². The van der Waals surface area contributed by atoms with Crippen LogP contribution in [0.1, 0.15) is 19.4 Å². The van der Waals surface area contributed by atoms with E-state index >= 15 is 0 Å². The van der Waals surface area contributed by atoms with Crippen molar-refractivity contribution in [1.82, 2.24) is 30.0 Å². The maximum absolute atomic E-state index is 6.40. The first-order chi connectivity index (χ1) is 10.2. The maximum atomic E-state index is 6.40. The lowest BCUT2D eigenvalue weighted by Gasteiger charge is -2.04. The summed E-state index contributed by atoms with van der Waals surface area (Å²) in [6.07, 6.45) is 2.66. The number of hydrogen-bond donors (Lipinski definition) is 0. The molecule has 6 nitrogen and oxygen atoms in total. The van der Waals surface area contributed by atoms with Gasteiger partial charge in [0.1, 0.15) is 5.15 Å². The van der Waals surface area contributed by atoms with Gasteiger partial charge < -0.3 is 0 Å². The standard InChI is InChI=1S/C14H15ClN6/c1-3-10-5-7-11(8-6-10)21-13(15)12(9-16-21)14-17-19-20(4-2)18-14/h5-9H,3-4H2,1-2H3. The summed E-state index contributed by atoms with van der Waals surface area (Å²) < 4.78 is 1.67. The molecule has 7 heteroatoms. The van der Waals surface area contributed by atoms with Gasteiger partial charge in [0.2, 0.25) is 5.82 Å². The first kappa shape index (κ1) is 13.8. The summed E-state index contributed by atoms with van der Waals surface area (Å²) in [6.45, 7) is 4.74. The summed E-state index contributed by atoms with van der Waals surface area (Å²) in [7, 11) is 0. The van der Waals surface area contributed by atoms with E-state index in [1.807, 2.05) is 19.1 Å². The highest BCUT2D eigenvalue weighted by molar-refractivity contribution is 6.32. The molecule has 0 aliphatic carbocycles. The van der Waals surface area contributed by atoms with Gasteiger partial charge in [0.05, 0.1) is 24.0 Å². The predicted molar refractivity (Wildman–Crippen MR) is 80.4 cm³/mol. The van der Waals surface area contributed by atoms with Crippen molar-refractivity contribution in [3.63, 3.8) is 0 Å². The lowest BCUT2D eigenvalue weighted by atomic mass is 10.1. The molecule has 2 heterocycles. The fourth-order valence-electron chi connectivity index (χ4n) is 2.02. The van der Waals surface area contributed by atoms with Crippen LogP contribution in [-0.2, 0) is 13.0 Å². The molecule has 0 atom stereocenters. The highest BCUT2D eigenvalue weighted by Crippen LogP contribution is 2.26. The van der Waals surface area contributed by atoms with Crippen LogP contribution in [0.4, 0.5) is 0 Å². The van der Waals surface area contributed by atoms with Crippen LogP contribution in [0.15, 0.2) is 30.5 Å². The third-order valence-corrected chi connectivity index (χ3v) is 3.64. The molecule has 2 aromatic heterocycles. The largest absolute Gasteiger partial charge is 0.221 e. The van der Waals surface area contributed by atoms with Gasteiger partial charge in [-0.15, -0.1) is 10.2 Å². The Hall–Kier alpha value is -2.21. The van der Waals surface area contributed by atoms with Gasteiger partial charge >= 0.3 is 0 Å². The van der Waals surface area contributed by atoms with Crippen molar-refractivity contribution in [1.29, 1.82) is 0 Å². The molecular weight excluding hydrogens is 288 g/mol. The summed E-state index contributed by atoms with van der Waals surface area (Å²) in [4.78, 5) is 1.51. The van der Waals surface area contributed by atoms with E-state index in [4.69, 9.17) is 11.6 Å². The second-order valence-electron chi connectivity index (χ2n) is 4.58. The van der Waals surface area contributed by atoms with Crippen LogP contribution in [0.25, 0.3) is 17.1 Å². The molecule has 0 saturated heterocycles. The van der Waals surface area contributed by atoms with E-state index in [0.717, 1.165) is 12.1 Å². The lowest BCUT2D eigenvalue weighted by molar-refractivity contribution is 0.553. The molecule has 0 amide bonds. The van der Waals surface area contributed by atoms with Gasteiger partial charge in [-0.3, -0.25) is 0 Å². The highest BCUT2D eigenvalue weighted by Gasteiger charge is 2.16. The SMILES string of the molecule is CCc1ccc(-n2ncc(-c3nnn(CC)n3)c2Cl)cc1. The minimum Gasteiger partial charge on any atom is -0.221 e. The normalized spacial score (nSPS) is 11.0. The first-order valence-electron chi connectivity index (χ1n) is 6.84. The van der Waals surface area contributed by atoms with Crippen molar-refractivity contribution in [2.24, 2.45) is 0 Å². The summed E-state index contributed by atoms with van der Waals surface area (Å²) in [5, 5.41) is 17.0. The molecule has 3 rings (SSSR count). The van der Waals surface area contributed by atoms with Crippen molar-refractivity contribution in [2.75, 3.05) is 0 Å². The fraction of sp³-hybridized carbons (Fsp3) is 0.286. The Kier molecular flexibility index (Phi) is 3.70. The monoisotopic (exact) mass is 302 g/mol. The summed E-state index contributed by atoms with van der Waals surface area (Å²) in [6, 6.07) is 8.13. The molecule has 0 radical (unpaired) electrons. The van der Waals surface area contributed by atoms with Crippen molar-refractivity contribution < 1.29 is 0 Å². The molecule has 0 N–H and O–H groups in total. The maximum Gasteiger partial charge on any atom is 0.209 e. The fourth-order valence-corrected chi connectivity index (χ4v) is 2.30. The number of halogens is 1. The number of rotatable bonds is 4. The van der Waals surface area contributed by atoms with Gasteiger partial charge in [0.25, 0.3) is 0 Å². The molecule has 0 fully saturated rings. The van der Waals surface area contributed by atoms with Gasteiger partial charge in [-0.05, 0) is 36.3 Å². The molecule has 1 aromatic carbocycles. The predicted octanol–water partition coefficient (Wildman–Crippen LogP) is 2.76. The minimum atomic E-state index is 0.481. The zero-order valence-corrected chi connectivity index (χ0v) is 12.6. The van der Waals surface area contributed by atoms with Crippen LogP contribution < -0.4 is 0 Å². The van der Waals surface area contributed by atoms with Crippen molar-refractivity contribution in [2.45, 2.75) is 26.8 Å². The molecule has 0 unspecified atom stereocenters. The van der Waals surface area contributed by atoms with Crippen LogP contribution in [0.5, 0.6) is 0 Å². The average molecular weight is 303 g/mol. The van der Waals surface area contributed by atoms with Crippen LogP contribution in [0.2, 0.25) is 5.15 Å². The Bertz CT molecular complexity index is 743. The molecule has 0 aliphatic rings. The van der Waals surface area contributed by atoms with E-state index in [1.165, 1.54) is 10.4 Å².